The second kappa shape index (κ2) is 8.50. The lowest BCUT2D eigenvalue weighted by Crippen LogP contribution is -2.44. The number of aromatic nitrogens is 2. The highest BCUT2D eigenvalue weighted by molar-refractivity contribution is 5.83. The highest BCUT2D eigenvalue weighted by Gasteiger charge is 2.22. The van der Waals surface area contributed by atoms with Crippen LogP contribution in [0.4, 0.5) is 0 Å². The normalized spacial score (nSPS) is 11.1. The molecular weight excluding hydrogens is 330 g/mol. The summed E-state index contributed by atoms with van der Waals surface area (Å²) in [5.74, 6) is -2.45. The fraction of sp³-hybridized carbons (Fsp3) is 0.625. The summed E-state index contributed by atoms with van der Waals surface area (Å²) in [7, 11) is 0. The van der Waals surface area contributed by atoms with Gasteiger partial charge in [0.2, 0.25) is 11.8 Å². The molecule has 1 aromatic heterocycles. The van der Waals surface area contributed by atoms with Gasteiger partial charge in [0.25, 0.3) is 5.56 Å². The molecule has 0 spiro atoms. The van der Waals surface area contributed by atoms with Gasteiger partial charge in [0.1, 0.15) is 6.54 Å². The number of carbonyl (C=O) groups is 2. The van der Waals surface area contributed by atoms with Crippen molar-refractivity contribution in [1.29, 1.82) is 0 Å². The molecule has 0 bridgehead atoms. The van der Waals surface area contributed by atoms with Crippen LogP contribution in [-0.4, -0.2) is 37.8 Å². The number of carboxylic acid groups (broad SMARTS) is 1. The summed E-state index contributed by atoms with van der Waals surface area (Å²) in [4.78, 5) is 47.4. The Balaban J connectivity index is 3.39. The Labute approximate surface area is 144 Å². The van der Waals surface area contributed by atoms with Gasteiger partial charge in [-0.2, -0.15) is 0 Å². The van der Waals surface area contributed by atoms with Gasteiger partial charge in [0.05, 0.1) is 12.0 Å². The summed E-state index contributed by atoms with van der Waals surface area (Å²) in [6.45, 7) is 7.12. The molecule has 0 aliphatic heterocycles. The molecule has 0 aliphatic rings. The van der Waals surface area contributed by atoms with Crippen molar-refractivity contribution in [2.24, 2.45) is 11.8 Å². The molecule has 0 fully saturated rings. The summed E-state index contributed by atoms with van der Waals surface area (Å²) < 4.78 is 2.08. The average molecular weight is 355 g/mol. The van der Waals surface area contributed by atoms with Crippen molar-refractivity contribution in [2.75, 3.05) is 6.54 Å². The lowest BCUT2D eigenvalue weighted by molar-refractivity contribution is -0.137. The van der Waals surface area contributed by atoms with Crippen LogP contribution < -0.4 is 16.6 Å². The van der Waals surface area contributed by atoms with E-state index in [9.17, 15) is 24.3 Å². The number of nitrogens with one attached hydrogen (secondary N) is 1. The van der Waals surface area contributed by atoms with E-state index in [4.69, 9.17) is 5.11 Å². The van der Waals surface area contributed by atoms with Crippen LogP contribution in [0, 0.1) is 11.8 Å². The maximum Gasteiger partial charge on any atom is 0.333 e. The van der Waals surface area contributed by atoms with Crippen molar-refractivity contribution in [3.05, 3.63) is 26.4 Å². The maximum absolute atomic E-state index is 12.6. The Bertz CT molecular complexity index is 760. The quantitative estimate of drug-likeness (QED) is 0.590. The van der Waals surface area contributed by atoms with Gasteiger partial charge in [-0.1, -0.05) is 27.7 Å². The highest BCUT2D eigenvalue weighted by atomic mass is 16.4. The van der Waals surface area contributed by atoms with E-state index in [0.29, 0.717) is 0 Å². The van der Waals surface area contributed by atoms with E-state index in [0.717, 1.165) is 9.13 Å². The molecular formula is C16H25N3O6. The van der Waals surface area contributed by atoms with E-state index in [-0.39, 0.29) is 30.5 Å². The van der Waals surface area contributed by atoms with Crippen LogP contribution in [0.15, 0.2) is 9.59 Å². The Kier molecular flexibility index (Phi) is 6.96. The molecule has 0 aromatic carbocycles. The van der Waals surface area contributed by atoms with E-state index in [2.05, 4.69) is 5.32 Å². The highest BCUT2D eigenvalue weighted by Crippen LogP contribution is 2.14. The summed E-state index contributed by atoms with van der Waals surface area (Å²) in [6.07, 6.45) is -0.506. The molecule has 0 atom stereocenters. The smallest absolute Gasteiger partial charge is 0.333 e. The summed E-state index contributed by atoms with van der Waals surface area (Å²) in [5, 5.41) is 21.1. The van der Waals surface area contributed by atoms with Crippen LogP contribution in [0.5, 0.6) is 5.88 Å². The van der Waals surface area contributed by atoms with E-state index < -0.39 is 42.0 Å². The fourth-order valence-corrected chi connectivity index (χ4v) is 2.35. The monoisotopic (exact) mass is 355 g/mol. The minimum absolute atomic E-state index is 0.0103. The molecule has 3 N–H and O–H groups in total. The number of aromatic hydroxyl groups is 1. The van der Waals surface area contributed by atoms with Crippen molar-refractivity contribution >= 4 is 11.9 Å². The number of hydrogen-bond acceptors (Lipinski definition) is 5. The SMILES string of the molecule is CC(C)Cn1c(O)c(CC(=O)NCC(=O)O)c(=O)n(CC(C)C)c1=O. The van der Waals surface area contributed by atoms with Gasteiger partial charge in [0, 0.05) is 13.1 Å². The van der Waals surface area contributed by atoms with Crippen LogP contribution in [0.1, 0.15) is 33.3 Å². The molecule has 0 radical (unpaired) electrons. The molecule has 1 amide bonds. The second-order valence-corrected chi connectivity index (χ2v) is 6.75. The fourth-order valence-electron chi connectivity index (χ4n) is 2.35. The molecule has 1 heterocycles. The zero-order valence-electron chi connectivity index (χ0n) is 14.9. The Morgan fingerprint density at radius 3 is 2.04 bits per heavy atom. The van der Waals surface area contributed by atoms with E-state index in [1.807, 2.05) is 27.7 Å². The minimum Gasteiger partial charge on any atom is -0.494 e. The molecule has 0 saturated carbocycles. The molecule has 1 rings (SSSR count). The number of nitrogens with zero attached hydrogens (tertiary/aromatic N) is 2. The van der Waals surface area contributed by atoms with Gasteiger partial charge < -0.3 is 15.5 Å². The first-order chi connectivity index (χ1) is 11.5. The van der Waals surface area contributed by atoms with Crippen LogP contribution >= 0.6 is 0 Å². The van der Waals surface area contributed by atoms with Crippen LogP contribution in [0.2, 0.25) is 0 Å². The first-order valence-electron chi connectivity index (χ1n) is 8.08. The zero-order chi connectivity index (χ0) is 19.3. The number of carboxylic acids is 1. The third-order valence-electron chi connectivity index (χ3n) is 3.36. The second-order valence-electron chi connectivity index (χ2n) is 6.75. The van der Waals surface area contributed by atoms with Crippen molar-refractivity contribution < 1.29 is 19.8 Å². The first kappa shape index (κ1) is 20.5. The molecule has 9 nitrogen and oxygen atoms in total. The molecule has 25 heavy (non-hydrogen) atoms. The minimum atomic E-state index is -1.22. The third-order valence-corrected chi connectivity index (χ3v) is 3.36. The largest absolute Gasteiger partial charge is 0.494 e. The van der Waals surface area contributed by atoms with E-state index >= 15 is 0 Å². The molecule has 140 valence electrons. The predicted molar refractivity (Wildman–Crippen MR) is 90.7 cm³/mol. The Morgan fingerprint density at radius 2 is 1.56 bits per heavy atom. The van der Waals surface area contributed by atoms with E-state index in [1.165, 1.54) is 0 Å². The number of hydrogen-bond donors (Lipinski definition) is 3. The number of carbonyl (C=O) groups excluding carboxylic acids is 1. The molecule has 0 unspecified atom stereocenters. The molecule has 9 heteroatoms. The lowest BCUT2D eigenvalue weighted by Gasteiger charge is -2.18. The maximum atomic E-state index is 12.6. The zero-order valence-corrected chi connectivity index (χ0v) is 14.9. The van der Waals surface area contributed by atoms with Crippen LogP contribution in [-0.2, 0) is 29.1 Å². The van der Waals surface area contributed by atoms with Crippen molar-refractivity contribution in [3.63, 3.8) is 0 Å². The topological polar surface area (TPSA) is 131 Å². The van der Waals surface area contributed by atoms with Gasteiger partial charge in [-0.15, -0.1) is 0 Å². The van der Waals surface area contributed by atoms with Gasteiger partial charge in [0.15, 0.2) is 0 Å². The van der Waals surface area contributed by atoms with Crippen molar-refractivity contribution in [2.45, 2.75) is 47.2 Å². The van der Waals surface area contributed by atoms with Gasteiger partial charge in [-0.3, -0.25) is 23.5 Å². The predicted octanol–water partition coefficient (Wildman–Crippen LogP) is -0.229. The van der Waals surface area contributed by atoms with Crippen molar-refractivity contribution in [1.82, 2.24) is 14.5 Å². The van der Waals surface area contributed by atoms with Crippen LogP contribution in [0.25, 0.3) is 0 Å². The standard InChI is InChI=1S/C16H25N3O6/c1-9(2)7-18-14(23)11(5-12(20)17-6-13(21)22)15(24)19(16(18)25)8-10(3)4/h9-10,23H,5-8H2,1-4H3,(H,17,20)(H,21,22). The number of rotatable bonds is 8. The average Bonchev–Trinajstić information content (AvgIpc) is 2.50. The summed E-state index contributed by atoms with van der Waals surface area (Å²) in [6, 6.07) is 0. The van der Waals surface area contributed by atoms with Gasteiger partial charge in [-0.05, 0) is 11.8 Å². The lowest BCUT2D eigenvalue weighted by atomic mass is 10.1. The first-order valence-corrected chi connectivity index (χ1v) is 8.08. The summed E-state index contributed by atoms with van der Waals surface area (Å²) in [5.41, 5.74) is -1.58. The van der Waals surface area contributed by atoms with Crippen molar-refractivity contribution in [3.8, 4) is 5.88 Å². The third kappa shape index (κ3) is 5.47. The van der Waals surface area contributed by atoms with E-state index in [1.54, 1.807) is 0 Å². The molecule has 1 aromatic rings. The Morgan fingerprint density at radius 1 is 1.04 bits per heavy atom. The van der Waals surface area contributed by atoms with Gasteiger partial charge >= 0.3 is 11.7 Å². The van der Waals surface area contributed by atoms with Gasteiger partial charge in [-0.25, -0.2) is 4.79 Å². The summed E-state index contributed by atoms with van der Waals surface area (Å²) >= 11 is 0. The Hall–Kier alpha value is -2.58. The molecule has 0 saturated heterocycles. The number of aliphatic carboxylic acids is 1. The van der Waals surface area contributed by atoms with Crippen LogP contribution in [0.3, 0.4) is 0 Å². The number of amides is 1. The molecule has 0 aliphatic carbocycles.